The highest BCUT2D eigenvalue weighted by Gasteiger charge is 2.32. The van der Waals surface area contributed by atoms with E-state index in [0.717, 1.165) is 11.6 Å². The van der Waals surface area contributed by atoms with Gasteiger partial charge in [-0.05, 0) is 30.0 Å². The third kappa shape index (κ3) is 2.62. The fourth-order valence-electron chi connectivity index (χ4n) is 3.50. The number of hydrogen-bond acceptors (Lipinski definition) is 3. The number of carboxylic acids is 1. The summed E-state index contributed by atoms with van der Waals surface area (Å²) >= 11 is 0. The lowest BCUT2D eigenvalue weighted by Gasteiger charge is -2.40. The lowest BCUT2D eigenvalue weighted by atomic mass is 9.88. The van der Waals surface area contributed by atoms with Gasteiger partial charge in [0.2, 0.25) is 0 Å². The van der Waals surface area contributed by atoms with Crippen molar-refractivity contribution in [2.45, 2.75) is 32.2 Å². The Labute approximate surface area is 138 Å². The molecule has 0 saturated carbocycles. The summed E-state index contributed by atoms with van der Waals surface area (Å²) < 4.78 is 27.5. The Kier molecular flexibility index (Phi) is 4.22. The Bertz CT molecular complexity index is 783. The molecular weight excluding hydrogens is 316 g/mol. The highest BCUT2D eigenvalue weighted by Crippen LogP contribution is 2.38. The second-order valence-corrected chi connectivity index (χ2v) is 5.92. The van der Waals surface area contributed by atoms with E-state index in [0.29, 0.717) is 37.1 Å². The van der Waals surface area contributed by atoms with Gasteiger partial charge < -0.3 is 10.0 Å². The Hall–Kier alpha value is -2.50. The van der Waals surface area contributed by atoms with Crippen molar-refractivity contribution in [2.24, 2.45) is 0 Å². The van der Waals surface area contributed by atoms with Crippen molar-refractivity contribution in [3.63, 3.8) is 0 Å². The summed E-state index contributed by atoms with van der Waals surface area (Å²) in [5, 5.41) is 8.98. The van der Waals surface area contributed by atoms with Crippen molar-refractivity contribution in [1.82, 2.24) is 4.90 Å². The maximum atomic E-state index is 14.0. The van der Waals surface area contributed by atoms with Crippen LogP contribution in [0.3, 0.4) is 0 Å². The van der Waals surface area contributed by atoms with Gasteiger partial charge in [-0.2, -0.15) is 0 Å². The standard InChI is InChI=1S/C18H17F2NO3/c1-2-15-11-5-6-14(19)17(20)12(11)7-8-21(15)10-3-4-13(18(23)24)16(22)9-10/h4-6,9,15H,2-3,7-8H2,1H3,(H,23,24). The molecule has 1 aliphatic carbocycles. The zero-order valence-corrected chi connectivity index (χ0v) is 13.2. The lowest BCUT2D eigenvalue weighted by molar-refractivity contribution is -0.134. The van der Waals surface area contributed by atoms with Crippen molar-refractivity contribution < 1.29 is 23.5 Å². The SMILES string of the molecule is CCC1c2ccc(F)c(F)c2CCN1C1=CC(=O)C(C(=O)O)=CC1. The van der Waals surface area contributed by atoms with Crippen molar-refractivity contribution in [3.05, 3.63) is 58.3 Å². The van der Waals surface area contributed by atoms with E-state index in [4.69, 9.17) is 5.11 Å². The topological polar surface area (TPSA) is 57.6 Å². The van der Waals surface area contributed by atoms with Crippen molar-refractivity contribution in [3.8, 4) is 0 Å². The summed E-state index contributed by atoms with van der Waals surface area (Å²) in [7, 11) is 0. The second-order valence-electron chi connectivity index (χ2n) is 5.92. The Morgan fingerprint density at radius 3 is 2.75 bits per heavy atom. The summed E-state index contributed by atoms with van der Waals surface area (Å²) in [4.78, 5) is 25.0. The molecule has 2 aliphatic rings. The monoisotopic (exact) mass is 333 g/mol. The molecule has 4 nitrogen and oxygen atoms in total. The summed E-state index contributed by atoms with van der Waals surface area (Å²) in [5.74, 6) is -3.41. The van der Waals surface area contributed by atoms with Crippen LogP contribution in [0.25, 0.3) is 0 Å². The molecule has 1 aromatic carbocycles. The number of aliphatic carboxylic acids is 1. The summed E-state index contributed by atoms with van der Waals surface area (Å²) in [6, 6.07) is 2.56. The van der Waals surface area contributed by atoms with Crippen molar-refractivity contribution in [2.75, 3.05) is 6.54 Å². The second kappa shape index (κ2) is 6.19. The predicted molar refractivity (Wildman–Crippen MR) is 83.2 cm³/mol. The van der Waals surface area contributed by atoms with Gasteiger partial charge in [0.05, 0.1) is 6.04 Å². The molecule has 1 N–H and O–H groups in total. The van der Waals surface area contributed by atoms with E-state index in [1.165, 1.54) is 12.2 Å². The average Bonchev–Trinajstić information content (AvgIpc) is 2.56. The molecule has 1 aromatic rings. The van der Waals surface area contributed by atoms with Crippen LogP contribution in [0.5, 0.6) is 0 Å². The first-order chi connectivity index (χ1) is 11.4. The zero-order valence-electron chi connectivity index (χ0n) is 13.2. The van der Waals surface area contributed by atoms with Crippen LogP contribution in [0.4, 0.5) is 8.78 Å². The molecule has 1 atom stereocenters. The molecule has 1 aliphatic heterocycles. The summed E-state index contributed by atoms with van der Waals surface area (Å²) in [6.45, 7) is 2.40. The number of carbonyl (C=O) groups is 2. The normalized spacial score (nSPS) is 20.4. The first-order valence-electron chi connectivity index (χ1n) is 7.85. The van der Waals surface area contributed by atoms with E-state index >= 15 is 0 Å². The van der Waals surface area contributed by atoms with Gasteiger partial charge >= 0.3 is 5.97 Å². The summed E-state index contributed by atoms with van der Waals surface area (Å²) in [5.41, 5.74) is 1.61. The molecule has 0 aromatic heterocycles. The van der Waals surface area contributed by atoms with Gasteiger partial charge in [0, 0.05) is 24.7 Å². The van der Waals surface area contributed by atoms with E-state index in [1.54, 1.807) is 6.07 Å². The number of benzene rings is 1. The Balaban J connectivity index is 1.94. The minimum absolute atomic E-state index is 0.164. The number of nitrogens with zero attached hydrogens (tertiary/aromatic N) is 1. The van der Waals surface area contributed by atoms with Crippen LogP contribution >= 0.6 is 0 Å². The number of carbonyl (C=O) groups excluding carboxylic acids is 1. The fourth-order valence-corrected chi connectivity index (χ4v) is 3.50. The Morgan fingerprint density at radius 2 is 2.12 bits per heavy atom. The third-order valence-electron chi connectivity index (χ3n) is 4.63. The van der Waals surface area contributed by atoms with E-state index < -0.39 is 23.4 Å². The van der Waals surface area contributed by atoms with Crippen LogP contribution in [-0.4, -0.2) is 28.3 Å². The Morgan fingerprint density at radius 1 is 1.38 bits per heavy atom. The van der Waals surface area contributed by atoms with E-state index in [-0.39, 0.29) is 11.6 Å². The minimum atomic E-state index is -1.23. The maximum absolute atomic E-state index is 14.0. The molecule has 0 spiro atoms. The molecule has 126 valence electrons. The molecule has 0 radical (unpaired) electrons. The number of ketones is 1. The number of hydrogen-bond donors (Lipinski definition) is 1. The first kappa shape index (κ1) is 16.4. The lowest BCUT2D eigenvalue weighted by Crippen LogP contribution is -2.36. The zero-order chi connectivity index (χ0) is 17.4. The molecular formula is C18H17F2NO3. The van der Waals surface area contributed by atoms with Gasteiger partial charge in [-0.3, -0.25) is 4.79 Å². The van der Waals surface area contributed by atoms with Crippen LogP contribution in [0.15, 0.2) is 35.6 Å². The van der Waals surface area contributed by atoms with Gasteiger partial charge in [0.15, 0.2) is 17.4 Å². The van der Waals surface area contributed by atoms with Gasteiger partial charge in [0.25, 0.3) is 0 Å². The number of carboxylic acid groups (broad SMARTS) is 1. The molecule has 6 heteroatoms. The molecule has 0 bridgehead atoms. The molecule has 3 rings (SSSR count). The quantitative estimate of drug-likeness (QED) is 0.864. The molecule has 0 amide bonds. The highest BCUT2D eigenvalue weighted by atomic mass is 19.2. The van der Waals surface area contributed by atoms with E-state index in [2.05, 4.69) is 0 Å². The number of halogens is 2. The smallest absolute Gasteiger partial charge is 0.339 e. The van der Waals surface area contributed by atoms with Crippen molar-refractivity contribution >= 4 is 11.8 Å². The number of fused-ring (bicyclic) bond motifs is 1. The maximum Gasteiger partial charge on any atom is 0.339 e. The number of rotatable bonds is 3. The predicted octanol–water partition coefficient (Wildman–Crippen LogP) is 3.14. The largest absolute Gasteiger partial charge is 0.478 e. The van der Waals surface area contributed by atoms with Gasteiger partial charge in [-0.15, -0.1) is 0 Å². The molecule has 0 fully saturated rings. The van der Waals surface area contributed by atoms with Gasteiger partial charge in [0.1, 0.15) is 5.57 Å². The fraction of sp³-hybridized carbons (Fsp3) is 0.333. The highest BCUT2D eigenvalue weighted by molar-refractivity contribution is 6.21. The van der Waals surface area contributed by atoms with Crippen LogP contribution < -0.4 is 0 Å². The van der Waals surface area contributed by atoms with Crippen LogP contribution in [-0.2, 0) is 16.0 Å². The molecule has 24 heavy (non-hydrogen) atoms. The van der Waals surface area contributed by atoms with Crippen LogP contribution in [0, 0.1) is 11.6 Å². The van der Waals surface area contributed by atoms with E-state index in [9.17, 15) is 18.4 Å². The third-order valence-corrected chi connectivity index (χ3v) is 4.63. The molecule has 0 saturated heterocycles. The van der Waals surface area contributed by atoms with Crippen LogP contribution in [0.1, 0.15) is 36.9 Å². The van der Waals surface area contributed by atoms with Crippen molar-refractivity contribution in [1.29, 1.82) is 0 Å². The van der Waals surface area contributed by atoms with E-state index in [1.807, 2.05) is 11.8 Å². The molecule has 1 unspecified atom stereocenters. The first-order valence-corrected chi connectivity index (χ1v) is 7.85. The van der Waals surface area contributed by atoms with Gasteiger partial charge in [-0.1, -0.05) is 19.1 Å². The molecule has 1 heterocycles. The summed E-state index contributed by atoms with van der Waals surface area (Å²) in [6.07, 6.45) is 4.10. The van der Waals surface area contributed by atoms with Gasteiger partial charge in [-0.25, -0.2) is 13.6 Å². The average molecular weight is 333 g/mol. The van der Waals surface area contributed by atoms with Crippen LogP contribution in [0.2, 0.25) is 0 Å². The minimum Gasteiger partial charge on any atom is -0.478 e. The number of allylic oxidation sites excluding steroid dienone is 2.